The Hall–Kier alpha value is -2.50. The van der Waals surface area contributed by atoms with Gasteiger partial charge < -0.3 is 20.0 Å². The van der Waals surface area contributed by atoms with Crippen molar-refractivity contribution in [2.24, 2.45) is 10.9 Å². The first-order valence-corrected chi connectivity index (χ1v) is 10.0. The Balaban J connectivity index is 1.44. The predicted molar refractivity (Wildman–Crippen MR) is 110 cm³/mol. The minimum atomic E-state index is 0.647. The molecule has 27 heavy (non-hydrogen) atoms. The van der Waals surface area contributed by atoms with Crippen LogP contribution in [0.15, 0.2) is 52.3 Å². The number of anilines is 1. The van der Waals surface area contributed by atoms with Gasteiger partial charge in [-0.25, -0.2) is 0 Å². The van der Waals surface area contributed by atoms with E-state index in [1.54, 1.807) is 6.26 Å². The summed E-state index contributed by atoms with van der Waals surface area (Å²) in [6.45, 7) is 6.99. The molecule has 2 aromatic rings. The third kappa shape index (κ3) is 6.31. The van der Waals surface area contributed by atoms with Crippen LogP contribution in [0.5, 0.6) is 0 Å². The summed E-state index contributed by atoms with van der Waals surface area (Å²) in [4.78, 5) is 11.4. The highest BCUT2D eigenvalue weighted by molar-refractivity contribution is 5.79. The van der Waals surface area contributed by atoms with E-state index in [1.807, 2.05) is 24.5 Å². The normalized spacial score (nSPS) is 15.7. The van der Waals surface area contributed by atoms with Gasteiger partial charge >= 0.3 is 0 Å². The van der Waals surface area contributed by atoms with Crippen molar-refractivity contribution in [1.29, 1.82) is 0 Å². The van der Waals surface area contributed by atoms with Crippen molar-refractivity contribution >= 4 is 11.6 Å². The summed E-state index contributed by atoms with van der Waals surface area (Å²) < 4.78 is 5.39. The van der Waals surface area contributed by atoms with Gasteiger partial charge in [-0.05, 0) is 49.4 Å². The predicted octanol–water partition coefficient (Wildman–Crippen LogP) is 3.08. The molecule has 0 aliphatic carbocycles. The molecule has 146 valence electrons. The Bertz CT molecular complexity index is 663. The number of rotatable bonds is 8. The molecule has 0 amide bonds. The number of hydrogen-bond donors (Lipinski definition) is 2. The molecular formula is C21H31N5O. The lowest BCUT2D eigenvalue weighted by Crippen LogP contribution is -2.40. The maximum Gasteiger partial charge on any atom is 0.191 e. The fraction of sp³-hybridized carbons (Fsp3) is 0.524. The molecule has 0 unspecified atom stereocenters. The van der Waals surface area contributed by atoms with E-state index in [-0.39, 0.29) is 0 Å². The highest BCUT2D eigenvalue weighted by Crippen LogP contribution is 2.22. The molecule has 0 saturated carbocycles. The molecule has 1 saturated heterocycles. The number of nitrogens with one attached hydrogen (secondary N) is 2. The van der Waals surface area contributed by atoms with Crippen LogP contribution in [0, 0.1) is 5.92 Å². The molecule has 3 heterocycles. The van der Waals surface area contributed by atoms with Gasteiger partial charge in [0.1, 0.15) is 5.76 Å². The first-order chi connectivity index (χ1) is 13.3. The van der Waals surface area contributed by atoms with Crippen LogP contribution in [0.2, 0.25) is 0 Å². The minimum Gasteiger partial charge on any atom is -0.469 e. The molecule has 2 aromatic heterocycles. The molecular weight excluding hydrogens is 338 g/mol. The van der Waals surface area contributed by atoms with Crippen molar-refractivity contribution < 1.29 is 4.42 Å². The number of piperidine rings is 1. The van der Waals surface area contributed by atoms with Gasteiger partial charge in [-0.15, -0.1) is 0 Å². The lowest BCUT2D eigenvalue weighted by atomic mass is 9.97. The second kappa shape index (κ2) is 10.6. The molecule has 0 spiro atoms. The Morgan fingerprint density at radius 3 is 2.67 bits per heavy atom. The first-order valence-electron chi connectivity index (χ1n) is 10.0. The van der Waals surface area contributed by atoms with Gasteiger partial charge in [0.05, 0.1) is 6.26 Å². The quantitative estimate of drug-likeness (QED) is 0.553. The fourth-order valence-corrected chi connectivity index (χ4v) is 3.33. The first kappa shape index (κ1) is 19.3. The summed E-state index contributed by atoms with van der Waals surface area (Å²) in [6.07, 6.45) is 9.77. The maximum absolute atomic E-state index is 5.39. The zero-order chi connectivity index (χ0) is 18.7. The molecule has 6 heteroatoms. The van der Waals surface area contributed by atoms with Crippen LogP contribution in [0.1, 0.15) is 31.9 Å². The Morgan fingerprint density at radius 1 is 1.19 bits per heavy atom. The van der Waals surface area contributed by atoms with Crippen molar-refractivity contribution in [2.75, 3.05) is 37.6 Å². The number of nitrogens with zero attached hydrogens (tertiary/aromatic N) is 3. The van der Waals surface area contributed by atoms with E-state index in [9.17, 15) is 0 Å². The smallest absolute Gasteiger partial charge is 0.191 e. The lowest BCUT2D eigenvalue weighted by Gasteiger charge is -2.33. The summed E-state index contributed by atoms with van der Waals surface area (Å²) in [5, 5.41) is 6.84. The van der Waals surface area contributed by atoms with Gasteiger partial charge in [-0.2, -0.15) is 0 Å². The summed E-state index contributed by atoms with van der Waals surface area (Å²) in [6, 6.07) is 8.12. The highest BCUT2D eigenvalue weighted by Gasteiger charge is 2.19. The molecule has 1 aliphatic heterocycles. The van der Waals surface area contributed by atoms with Crippen LogP contribution in [-0.4, -0.2) is 43.7 Å². The number of hydrogen-bond acceptors (Lipinski definition) is 4. The maximum atomic E-state index is 5.39. The third-order valence-corrected chi connectivity index (χ3v) is 4.94. The van der Waals surface area contributed by atoms with Crippen LogP contribution < -0.4 is 15.5 Å². The van der Waals surface area contributed by atoms with Gasteiger partial charge in [0, 0.05) is 57.2 Å². The van der Waals surface area contributed by atoms with Crippen molar-refractivity contribution in [1.82, 2.24) is 15.6 Å². The number of guanidine groups is 1. The van der Waals surface area contributed by atoms with Gasteiger partial charge in [0.15, 0.2) is 5.96 Å². The average Bonchev–Trinajstić information content (AvgIpc) is 3.24. The summed E-state index contributed by atoms with van der Waals surface area (Å²) >= 11 is 0. The van der Waals surface area contributed by atoms with Crippen molar-refractivity contribution in [3.63, 3.8) is 0 Å². The van der Waals surface area contributed by atoms with E-state index in [2.05, 4.69) is 39.6 Å². The molecule has 2 N–H and O–H groups in total. The third-order valence-electron chi connectivity index (χ3n) is 4.94. The summed E-state index contributed by atoms with van der Waals surface area (Å²) in [5.74, 6) is 2.56. The van der Waals surface area contributed by atoms with E-state index >= 15 is 0 Å². The molecule has 0 atom stereocenters. The SMILES string of the molecule is CCCNC(=NCC1CCN(c2ccncc2)CC1)NCCc1ccco1. The van der Waals surface area contributed by atoms with Crippen LogP contribution in [-0.2, 0) is 6.42 Å². The molecule has 3 rings (SSSR count). The Morgan fingerprint density at radius 2 is 1.96 bits per heavy atom. The fourth-order valence-electron chi connectivity index (χ4n) is 3.33. The van der Waals surface area contributed by atoms with Gasteiger partial charge in [0.25, 0.3) is 0 Å². The van der Waals surface area contributed by atoms with Crippen molar-refractivity contribution in [3.8, 4) is 0 Å². The van der Waals surface area contributed by atoms with E-state index in [1.165, 1.54) is 18.5 Å². The monoisotopic (exact) mass is 369 g/mol. The topological polar surface area (TPSA) is 65.7 Å². The standard InChI is InChI=1S/C21H31N5O/c1-2-10-23-21(24-13-7-20-4-3-16-27-20)25-17-18-8-14-26(15-9-18)19-5-11-22-12-6-19/h3-6,11-12,16,18H,2,7-10,13-15,17H2,1H3,(H2,23,24,25). The highest BCUT2D eigenvalue weighted by atomic mass is 16.3. The second-order valence-corrected chi connectivity index (χ2v) is 7.01. The lowest BCUT2D eigenvalue weighted by molar-refractivity contribution is 0.414. The van der Waals surface area contributed by atoms with E-state index in [0.717, 1.165) is 57.3 Å². The van der Waals surface area contributed by atoms with Gasteiger partial charge in [-0.3, -0.25) is 9.98 Å². The van der Waals surface area contributed by atoms with Crippen molar-refractivity contribution in [3.05, 3.63) is 48.7 Å². The molecule has 1 fully saturated rings. The molecule has 0 aromatic carbocycles. The number of aliphatic imine (C=N–C) groups is 1. The molecule has 6 nitrogen and oxygen atoms in total. The van der Waals surface area contributed by atoms with E-state index in [4.69, 9.17) is 9.41 Å². The van der Waals surface area contributed by atoms with Crippen LogP contribution >= 0.6 is 0 Å². The number of pyridine rings is 1. The summed E-state index contributed by atoms with van der Waals surface area (Å²) in [7, 11) is 0. The van der Waals surface area contributed by atoms with E-state index < -0.39 is 0 Å². The van der Waals surface area contributed by atoms with Crippen LogP contribution in [0.25, 0.3) is 0 Å². The summed E-state index contributed by atoms with van der Waals surface area (Å²) in [5.41, 5.74) is 1.27. The van der Waals surface area contributed by atoms with Gasteiger partial charge in [0.2, 0.25) is 0 Å². The van der Waals surface area contributed by atoms with Gasteiger partial charge in [-0.1, -0.05) is 6.92 Å². The molecule has 1 aliphatic rings. The van der Waals surface area contributed by atoms with Crippen LogP contribution in [0.3, 0.4) is 0 Å². The van der Waals surface area contributed by atoms with E-state index in [0.29, 0.717) is 5.92 Å². The van der Waals surface area contributed by atoms with Crippen molar-refractivity contribution in [2.45, 2.75) is 32.6 Å². The molecule has 0 bridgehead atoms. The minimum absolute atomic E-state index is 0.647. The Kier molecular flexibility index (Phi) is 7.56. The number of aromatic nitrogens is 1. The molecule has 0 radical (unpaired) electrons. The average molecular weight is 370 g/mol. The zero-order valence-electron chi connectivity index (χ0n) is 16.2. The largest absolute Gasteiger partial charge is 0.469 e. The zero-order valence-corrected chi connectivity index (χ0v) is 16.2. The second-order valence-electron chi connectivity index (χ2n) is 7.01. The number of furan rings is 1. The van der Waals surface area contributed by atoms with Crippen LogP contribution in [0.4, 0.5) is 5.69 Å². The Labute approximate surface area is 162 Å².